The number of carbonyl (C=O) groups excluding carboxylic acids is 1. The molecule has 1 amide bonds. The molecule has 1 aromatic carbocycles. The third-order valence-corrected chi connectivity index (χ3v) is 4.18. The number of benzene rings is 1. The SMILES string of the molecule is Cc1ccc(CN(C)C(=O)CCC(CCN)C(C)C)cc1. The van der Waals surface area contributed by atoms with Crippen molar-refractivity contribution in [1.29, 1.82) is 0 Å². The van der Waals surface area contributed by atoms with E-state index in [1.165, 1.54) is 11.1 Å². The van der Waals surface area contributed by atoms with Crippen LogP contribution in [0.3, 0.4) is 0 Å². The van der Waals surface area contributed by atoms with E-state index in [2.05, 4.69) is 45.0 Å². The van der Waals surface area contributed by atoms with Crippen LogP contribution < -0.4 is 5.73 Å². The molecule has 0 radical (unpaired) electrons. The second-order valence-electron chi connectivity index (χ2n) is 6.36. The molecule has 0 bridgehead atoms. The van der Waals surface area contributed by atoms with Crippen molar-refractivity contribution >= 4 is 5.91 Å². The number of nitrogens with two attached hydrogens (primary N) is 1. The first kappa shape index (κ1) is 17.7. The van der Waals surface area contributed by atoms with E-state index in [-0.39, 0.29) is 5.91 Å². The summed E-state index contributed by atoms with van der Waals surface area (Å²) in [6, 6.07) is 8.35. The summed E-state index contributed by atoms with van der Waals surface area (Å²) in [5, 5.41) is 0. The van der Waals surface area contributed by atoms with Crippen LogP contribution in [0.25, 0.3) is 0 Å². The van der Waals surface area contributed by atoms with Gasteiger partial charge in [-0.25, -0.2) is 0 Å². The first-order valence-electron chi connectivity index (χ1n) is 7.93. The summed E-state index contributed by atoms with van der Waals surface area (Å²) < 4.78 is 0. The van der Waals surface area contributed by atoms with Gasteiger partial charge in [0, 0.05) is 20.0 Å². The summed E-state index contributed by atoms with van der Waals surface area (Å²) in [4.78, 5) is 14.1. The maximum atomic E-state index is 12.2. The van der Waals surface area contributed by atoms with Gasteiger partial charge in [0.25, 0.3) is 0 Å². The lowest BCUT2D eigenvalue weighted by atomic mass is 9.88. The average molecular weight is 290 g/mol. The van der Waals surface area contributed by atoms with Crippen LogP contribution in [0.15, 0.2) is 24.3 Å². The lowest BCUT2D eigenvalue weighted by Crippen LogP contribution is -2.27. The minimum atomic E-state index is 0.221. The van der Waals surface area contributed by atoms with Crippen LogP contribution in [0.1, 0.15) is 44.2 Å². The molecule has 0 aliphatic rings. The van der Waals surface area contributed by atoms with Crippen LogP contribution in [0, 0.1) is 18.8 Å². The Hall–Kier alpha value is -1.35. The molecule has 0 aromatic heterocycles. The van der Waals surface area contributed by atoms with Crippen LogP contribution in [-0.2, 0) is 11.3 Å². The van der Waals surface area contributed by atoms with Crippen LogP contribution in [-0.4, -0.2) is 24.4 Å². The highest BCUT2D eigenvalue weighted by Gasteiger charge is 2.16. The second-order valence-corrected chi connectivity index (χ2v) is 6.36. The fourth-order valence-electron chi connectivity index (χ4n) is 2.58. The van der Waals surface area contributed by atoms with Crippen molar-refractivity contribution in [3.8, 4) is 0 Å². The maximum absolute atomic E-state index is 12.2. The van der Waals surface area contributed by atoms with E-state index in [4.69, 9.17) is 5.73 Å². The summed E-state index contributed by atoms with van der Waals surface area (Å²) in [6.45, 7) is 7.88. The topological polar surface area (TPSA) is 46.3 Å². The van der Waals surface area contributed by atoms with Gasteiger partial charge in [-0.1, -0.05) is 43.7 Å². The van der Waals surface area contributed by atoms with Crippen LogP contribution in [0.2, 0.25) is 0 Å². The lowest BCUT2D eigenvalue weighted by Gasteiger charge is -2.22. The molecule has 0 aliphatic carbocycles. The van der Waals surface area contributed by atoms with E-state index in [1.807, 2.05) is 11.9 Å². The van der Waals surface area contributed by atoms with Gasteiger partial charge in [0.05, 0.1) is 0 Å². The predicted molar refractivity (Wildman–Crippen MR) is 88.9 cm³/mol. The van der Waals surface area contributed by atoms with Gasteiger partial charge in [0.2, 0.25) is 5.91 Å². The molecule has 3 heteroatoms. The van der Waals surface area contributed by atoms with E-state index in [1.54, 1.807) is 0 Å². The number of aryl methyl sites for hydroxylation is 1. The first-order valence-corrected chi connectivity index (χ1v) is 7.93. The van der Waals surface area contributed by atoms with Crippen molar-refractivity contribution in [3.63, 3.8) is 0 Å². The monoisotopic (exact) mass is 290 g/mol. The molecule has 1 unspecified atom stereocenters. The Morgan fingerprint density at radius 3 is 2.33 bits per heavy atom. The molecule has 0 heterocycles. The molecule has 0 fully saturated rings. The van der Waals surface area contributed by atoms with Crippen molar-refractivity contribution in [2.24, 2.45) is 17.6 Å². The van der Waals surface area contributed by atoms with Gasteiger partial charge >= 0.3 is 0 Å². The summed E-state index contributed by atoms with van der Waals surface area (Å²) in [7, 11) is 1.88. The molecular formula is C18H30N2O. The quantitative estimate of drug-likeness (QED) is 0.798. The fourth-order valence-corrected chi connectivity index (χ4v) is 2.58. The van der Waals surface area contributed by atoms with Crippen molar-refractivity contribution in [2.45, 2.75) is 46.6 Å². The van der Waals surface area contributed by atoms with Gasteiger partial charge in [-0.05, 0) is 43.7 Å². The third kappa shape index (κ3) is 6.30. The Bertz CT molecular complexity index is 425. The summed E-state index contributed by atoms with van der Waals surface area (Å²) >= 11 is 0. The highest BCUT2D eigenvalue weighted by Crippen LogP contribution is 2.21. The molecule has 3 nitrogen and oxygen atoms in total. The van der Waals surface area contributed by atoms with Gasteiger partial charge in [-0.15, -0.1) is 0 Å². The Kier molecular flexibility index (Phi) is 7.44. The molecule has 1 atom stereocenters. The van der Waals surface area contributed by atoms with Crippen molar-refractivity contribution in [1.82, 2.24) is 4.90 Å². The average Bonchev–Trinajstić information content (AvgIpc) is 2.45. The number of rotatable bonds is 8. The molecule has 0 aliphatic heterocycles. The third-order valence-electron chi connectivity index (χ3n) is 4.18. The highest BCUT2D eigenvalue weighted by atomic mass is 16.2. The minimum absolute atomic E-state index is 0.221. The molecule has 118 valence electrons. The second kappa shape index (κ2) is 8.83. The van der Waals surface area contributed by atoms with E-state index < -0.39 is 0 Å². The van der Waals surface area contributed by atoms with Gasteiger partial charge in [0.1, 0.15) is 0 Å². The Labute approximate surface area is 129 Å². The van der Waals surface area contributed by atoms with Gasteiger partial charge in [-0.2, -0.15) is 0 Å². The number of hydrogen-bond acceptors (Lipinski definition) is 2. The van der Waals surface area contributed by atoms with Crippen molar-refractivity contribution in [2.75, 3.05) is 13.6 Å². The molecular weight excluding hydrogens is 260 g/mol. The molecule has 2 N–H and O–H groups in total. The highest BCUT2D eigenvalue weighted by molar-refractivity contribution is 5.75. The van der Waals surface area contributed by atoms with E-state index in [9.17, 15) is 4.79 Å². The Morgan fingerprint density at radius 2 is 1.81 bits per heavy atom. The zero-order valence-electron chi connectivity index (χ0n) is 13.9. The number of nitrogens with zero attached hydrogens (tertiary/aromatic N) is 1. The summed E-state index contributed by atoms with van der Waals surface area (Å²) in [5.41, 5.74) is 8.08. The van der Waals surface area contributed by atoms with Crippen molar-refractivity contribution < 1.29 is 4.79 Å². The van der Waals surface area contributed by atoms with E-state index in [0.717, 1.165) is 12.8 Å². The standard InChI is InChI=1S/C18H30N2O/c1-14(2)17(11-12-19)9-10-18(21)20(4)13-16-7-5-15(3)6-8-16/h5-8,14,17H,9-13,19H2,1-4H3. The molecule has 21 heavy (non-hydrogen) atoms. The molecule has 0 saturated heterocycles. The minimum Gasteiger partial charge on any atom is -0.341 e. The van der Waals surface area contributed by atoms with E-state index in [0.29, 0.717) is 31.3 Å². The van der Waals surface area contributed by atoms with E-state index >= 15 is 0 Å². The van der Waals surface area contributed by atoms with Crippen LogP contribution >= 0.6 is 0 Å². The largest absolute Gasteiger partial charge is 0.341 e. The van der Waals surface area contributed by atoms with Crippen molar-refractivity contribution in [3.05, 3.63) is 35.4 Å². The molecule has 0 spiro atoms. The molecule has 0 saturated carbocycles. The zero-order chi connectivity index (χ0) is 15.8. The number of hydrogen-bond donors (Lipinski definition) is 1. The van der Waals surface area contributed by atoms with Gasteiger partial charge < -0.3 is 10.6 Å². The Morgan fingerprint density at radius 1 is 1.19 bits per heavy atom. The van der Waals surface area contributed by atoms with Crippen LogP contribution in [0.5, 0.6) is 0 Å². The summed E-state index contributed by atoms with van der Waals surface area (Å²) in [6.07, 6.45) is 2.56. The van der Waals surface area contributed by atoms with Crippen LogP contribution in [0.4, 0.5) is 0 Å². The normalized spacial score (nSPS) is 12.5. The number of carbonyl (C=O) groups is 1. The fraction of sp³-hybridized carbons (Fsp3) is 0.611. The zero-order valence-corrected chi connectivity index (χ0v) is 13.9. The Balaban J connectivity index is 2.45. The van der Waals surface area contributed by atoms with Gasteiger partial charge in [0.15, 0.2) is 0 Å². The summed E-state index contributed by atoms with van der Waals surface area (Å²) in [5.74, 6) is 1.36. The number of amides is 1. The predicted octanol–water partition coefficient (Wildman–Crippen LogP) is 3.35. The van der Waals surface area contributed by atoms with Gasteiger partial charge in [-0.3, -0.25) is 4.79 Å². The maximum Gasteiger partial charge on any atom is 0.222 e. The first-order chi connectivity index (χ1) is 9.93. The smallest absolute Gasteiger partial charge is 0.222 e. The molecule has 1 rings (SSSR count). The molecule has 1 aromatic rings. The lowest BCUT2D eigenvalue weighted by molar-refractivity contribution is -0.130.